The molecular weight excluding hydrogens is 262 g/mol. The molecular formula is C10H12BrNO3. The van der Waals surface area contributed by atoms with Crippen LogP contribution in [0.4, 0.5) is 0 Å². The molecule has 1 N–H and O–H groups in total. The molecule has 0 amide bonds. The lowest BCUT2D eigenvalue weighted by Gasteiger charge is -2.14. The highest BCUT2D eigenvalue weighted by molar-refractivity contribution is 9.10. The lowest BCUT2D eigenvalue weighted by atomic mass is 10.0. The molecule has 0 saturated heterocycles. The fraction of sp³-hybridized carbons (Fsp3) is 0.400. The van der Waals surface area contributed by atoms with Crippen LogP contribution >= 0.6 is 15.9 Å². The highest BCUT2D eigenvalue weighted by atomic mass is 79.9. The van der Waals surface area contributed by atoms with Crippen LogP contribution in [0.2, 0.25) is 0 Å². The average Bonchev–Trinajstić information content (AvgIpc) is 2.19. The smallest absolute Gasteiger partial charge is 0.242 e. The van der Waals surface area contributed by atoms with Gasteiger partial charge in [-0.05, 0) is 17.7 Å². The molecule has 0 unspecified atom stereocenters. The first-order valence-corrected chi connectivity index (χ1v) is 5.42. The topological polar surface area (TPSA) is 63.4 Å². The van der Waals surface area contributed by atoms with E-state index in [-0.39, 0.29) is 0 Å². The Morgan fingerprint density at radius 3 is 2.40 bits per heavy atom. The van der Waals surface area contributed by atoms with Crippen molar-refractivity contribution in [3.8, 4) is 0 Å². The SMILES string of the molecule is CC[C@@H]([C@@H](O)c1ccc(Br)cc1)[N+](=O)[O-]. The third kappa shape index (κ3) is 3.00. The Labute approximate surface area is 96.2 Å². The number of benzene rings is 1. The molecule has 1 rings (SSSR count). The number of aliphatic hydroxyl groups is 1. The summed E-state index contributed by atoms with van der Waals surface area (Å²) < 4.78 is 0.882. The van der Waals surface area contributed by atoms with Gasteiger partial charge in [-0.1, -0.05) is 35.0 Å². The van der Waals surface area contributed by atoms with Crippen LogP contribution in [0.3, 0.4) is 0 Å². The summed E-state index contributed by atoms with van der Waals surface area (Å²) in [7, 11) is 0. The van der Waals surface area contributed by atoms with Crippen LogP contribution in [0.15, 0.2) is 28.7 Å². The number of nitrogens with zero attached hydrogens (tertiary/aromatic N) is 1. The third-order valence-corrected chi connectivity index (χ3v) is 2.79. The van der Waals surface area contributed by atoms with Crippen molar-refractivity contribution in [2.45, 2.75) is 25.5 Å². The van der Waals surface area contributed by atoms with Crippen molar-refractivity contribution in [1.82, 2.24) is 0 Å². The number of halogens is 1. The summed E-state index contributed by atoms with van der Waals surface area (Å²) in [6.45, 7) is 1.69. The number of hydrogen-bond donors (Lipinski definition) is 1. The van der Waals surface area contributed by atoms with E-state index in [1.807, 2.05) is 0 Å². The number of hydrogen-bond acceptors (Lipinski definition) is 3. The van der Waals surface area contributed by atoms with Gasteiger partial charge in [-0.15, -0.1) is 0 Å². The van der Waals surface area contributed by atoms with Gasteiger partial charge in [0.05, 0.1) is 0 Å². The number of aliphatic hydroxyl groups excluding tert-OH is 1. The van der Waals surface area contributed by atoms with Gasteiger partial charge in [0.15, 0.2) is 0 Å². The van der Waals surface area contributed by atoms with Gasteiger partial charge >= 0.3 is 0 Å². The minimum Gasteiger partial charge on any atom is -0.381 e. The number of nitro groups is 1. The van der Waals surface area contributed by atoms with E-state index in [0.717, 1.165) is 4.47 Å². The molecule has 0 aromatic heterocycles. The second-order valence-corrected chi connectivity index (χ2v) is 4.17. The van der Waals surface area contributed by atoms with Crippen molar-refractivity contribution in [2.24, 2.45) is 0 Å². The van der Waals surface area contributed by atoms with E-state index in [9.17, 15) is 15.2 Å². The van der Waals surface area contributed by atoms with E-state index < -0.39 is 17.1 Å². The maximum absolute atomic E-state index is 10.6. The Morgan fingerprint density at radius 1 is 1.47 bits per heavy atom. The Morgan fingerprint density at radius 2 is 2.00 bits per heavy atom. The van der Waals surface area contributed by atoms with Gasteiger partial charge in [-0.3, -0.25) is 10.1 Å². The Hall–Kier alpha value is -0.940. The molecule has 5 heteroatoms. The lowest BCUT2D eigenvalue weighted by molar-refractivity contribution is -0.536. The molecule has 1 aromatic rings. The first-order valence-electron chi connectivity index (χ1n) is 4.63. The molecule has 0 radical (unpaired) electrons. The number of rotatable bonds is 4. The highest BCUT2D eigenvalue weighted by Crippen LogP contribution is 2.22. The van der Waals surface area contributed by atoms with Crippen LogP contribution < -0.4 is 0 Å². The van der Waals surface area contributed by atoms with Crippen molar-refractivity contribution in [1.29, 1.82) is 0 Å². The van der Waals surface area contributed by atoms with Crippen LogP contribution in [0.25, 0.3) is 0 Å². The van der Waals surface area contributed by atoms with E-state index >= 15 is 0 Å². The molecule has 0 heterocycles. The minimum absolute atomic E-state index is 0.310. The summed E-state index contributed by atoms with van der Waals surface area (Å²) in [6.07, 6.45) is -0.734. The van der Waals surface area contributed by atoms with Crippen LogP contribution in [0.5, 0.6) is 0 Å². The van der Waals surface area contributed by atoms with E-state index in [0.29, 0.717) is 12.0 Å². The summed E-state index contributed by atoms with van der Waals surface area (Å²) in [5, 5.41) is 20.4. The Kier molecular flexibility index (Phi) is 4.23. The van der Waals surface area contributed by atoms with E-state index in [1.165, 1.54) is 0 Å². The quantitative estimate of drug-likeness (QED) is 0.677. The molecule has 0 aliphatic rings. The summed E-state index contributed by atoms with van der Waals surface area (Å²) >= 11 is 3.26. The highest BCUT2D eigenvalue weighted by Gasteiger charge is 2.28. The van der Waals surface area contributed by atoms with Crippen LogP contribution in [0, 0.1) is 10.1 Å². The molecule has 0 aliphatic carbocycles. The molecule has 0 aliphatic heterocycles. The van der Waals surface area contributed by atoms with Gasteiger partial charge in [0.25, 0.3) is 0 Å². The van der Waals surface area contributed by atoms with Crippen molar-refractivity contribution in [3.05, 3.63) is 44.4 Å². The zero-order chi connectivity index (χ0) is 11.4. The average molecular weight is 274 g/mol. The molecule has 82 valence electrons. The van der Waals surface area contributed by atoms with Crippen molar-refractivity contribution >= 4 is 15.9 Å². The van der Waals surface area contributed by atoms with Crippen LogP contribution in [-0.4, -0.2) is 16.1 Å². The van der Waals surface area contributed by atoms with Crippen LogP contribution in [0.1, 0.15) is 25.0 Å². The van der Waals surface area contributed by atoms with E-state index in [1.54, 1.807) is 31.2 Å². The fourth-order valence-corrected chi connectivity index (χ4v) is 1.63. The second-order valence-electron chi connectivity index (χ2n) is 3.26. The summed E-state index contributed by atoms with van der Waals surface area (Å²) in [4.78, 5) is 10.2. The molecule has 0 fully saturated rings. The Balaban J connectivity index is 2.87. The third-order valence-electron chi connectivity index (χ3n) is 2.27. The first kappa shape index (κ1) is 12.1. The van der Waals surface area contributed by atoms with Crippen molar-refractivity contribution < 1.29 is 10.0 Å². The van der Waals surface area contributed by atoms with Gasteiger partial charge in [-0.25, -0.2) is 0 Å². The molecule has 0 bridgehead atoms. The molecule has 4 nitrogen and oxygen atoms in total. The molecule has 2 atom stereocenters. The zero-order valence-electron chi connectivity index (χ0n) is 8.26. The molecule has 0 saturated carbocycles. The lowest BCUT2D eigenvalue weighted by Crippen LogP contribution is -2.26. The summed E-state index contributed by atoms with van der Waals surface area (Å²) in [6, 6.07) is 5.93. The van der Waals surface area contributed by atoms with Gasteiger partial charge in [0, 0.05) is 15.8 Å². The van der Waals surface area contributed by atoms with E-state index in [4.69, 9.17) is 0 Å². The second kappa shape index (κ2) is 5.23. The largest absolute Gasteiger partial charge is 0.381 e. The van der Waals surface area contributed by atoms with Gasteiger partial charge in [0.1, 0.15) is 6.10 Å². The minimum atomic E-state index is -1.04. The maximum Gasteiger partial charge on any atom is 0.242 e. The van der Waals surface area contributed by atoms with Gasteiger partial charge in [0.2, 0.25) is 6.04 Å². The monoisotopic (exact) mass is 273 g/mol. The normalized spacial score (nSPS) is 14.6. The Bertz CT molecular complexity index is 339. The van der Waals surface area contributed by atoms with Gasteiger partial charge in [-0.2, -0.15) is 0 Å². The fourth-order valence-electron chi connectivity index (χ4n) is 1.37. The van der Waals surface area contributed by atoms with Gasteiger partial charge < -0.3 is 5.11 Å². The summed E-state index contributed by atoms with van der Waals surface area (Å²) in [5.41, 5.74) is 0.571. The molecule has 0 spiro atoms. The van der Waals surface area contributed by atoms with Crippen molar-refractivity contribution in [3.63, 3.8) is 0 Å². The van der Waals surface area contributed by atoms with Crippen LogP contribution in [-0.2, 0) is 0 Å². The maximum atomic E-state index is 10.6. The predicted molar refractivity (Wildman–Crippen MR) is 60.2 cm³/mol. The standard InChI is InChI=1S/C10H12BrNO3/c1-2-9(12(14)15)10(13)7-3-5-8(11)6-4-7/h3-6,9-10,13H,2H2,1H3/t9-,10-/m0/s1. The molecule has 1 aromatic carbocycles. The summed E-state index contributed by atoms with van der Waals surface area (Å²) in [5.74, 6) is 0. The van der Waals surface area contributed by atoms with E-state index in [2.05, 4.69) is 15.9 Å². The first-order chi connectivity index (χ1) is 7.06. The molecule has 15 heavy (non-hydrogen) atoms. The zero-order valence-corrected chi connectivity index (χ0v) is 9.85. The predicted octanol–water partition coefficient (Wildman–Crippen LogP) is 2.54. The van der Waals surface area contributed by atoms with Crippen molar-refractivity contribution in [2.75, 3.05) is 0 Å².